The molecule has 0 saturated heterocycles. The van der Waals surface area contributed by atoms with E-state index in [2.05, 4.69) is 34.6 Å². The topological polar surface area (TPSA) is 0 Å². The predicted octanol–water partition coefficient (Wildman–Crippen LogP) is 4.54. The molecule has 0 atom stereocenters. The summed E-state index contributed by atoms with van der Waals surface area (Å²) >= 11 is 10.1. The van der Waals surface area contributed by atoms with Crippen LogP contribution in [0.4, 0.5) is 0 Å². The Labute approximate surface area is 87.6 Å². The standard InChI is InChI=1S/C8H18.C2H4Cl2/c1-7(2)6-8(3,4)5;3-1-2-4/h7H,6H2,1-5H3;1-2H2. The summed E-state index contributed by atoms with van der Waals surface area (Å²) in [4.78, 5) is 0. The first-order valence-electron chi connectivity index (χ1n) is 4.45. The molecule has 12 heavy (non-hydrogen) atoms. The van der Waals surface area contributed by atoms with E-state index in [1.807, 2.05) is 0 Å². The van der Waals surface area contributed by atoms with Gasteiger partial charge in [0.1, 0.15) is 0 Å². The summed E-state index contributed by atoms with van der Waals surface area (Å²) in [6.07, 6.45) is 1.33. The minimum Gasteiger partial charge on any atom is -0.125 e. The molecule has 0 N–H and O–H groups in total. The monoisotopic (exact) mass is 212 g/mol. The molecule has 0 aromatic carbocycles. The molecule has 0 spiro atoms. The average Bonchev–Trinajstić information content (AvgIpc) is 1.83. The maximum absolute atomic E-state index is 5.05. The highest BCUT2D eigenvalue weighted by molar-refractivity contribution is 6.25. The molecule has 0 radical (unpaired) electrons. The molecule has 0 aliphatic heterocycles. The molecular formula is C10H22Cl2. The second-order valence-corrected chi connectivity index (χ2v) is 5.29. The van der Waals surface area contributed by atoms with E-state index in [0.717, 1.165) is 5.92 Å². The summed E-state index contributed by atoms with van der Waals surface area (Å²) in [7, 11) is 0. The third-order valence-corrected chi connectivity index (χ3v) is 1.66. The van der Waals surface area contributed by atoms with Crippen LogP contribution in [-0.2, 0) is 0 Å². The van der Waals surface area contributed by atoms with Crippen molar-refractivity contribution in [1.82, 2.24) is 0 Å². The lowest BCUT2D eigenvalue weighted by Gasteiger charge is -2.19. The van der Waals surface area contributed by atoms with Crippen molar-refractivity contribution in [3.05, 3.63) is 0 Å². The van der Waals surface area contributed by atoms with Crippen LogP contribution in [0.1, 0.15) is 41.0 Å². The van der Waals surface area contributed by atoms with Gasteiger partial charge in [-0.25, -0.2) is 0 Å². The largest absolute Gasteiger partial charge is 0.125 e. The van der Waals surface area contributed by atoms with Gasteiger partial charge in [0, 0.05) is 11.8 Å². The van der Waals surface area contributed by atoms with Gasteiger partial charge in [-0.3, -0.25) is 0 Å². The molecule has 0 aromatic heterocycles. The SMILES string of the molecule is CC(C)CC(C)(C)C.ClCCCl. The summed E-state index contributed by atoms with van der Waals surface area (Å²) < 4.78 is 0. The van der Waals surface area contributed by atoms with E-state index in [9.17, 15) is 0 Å². The third-order valence-electron chi connectivity index (χ3n) is 1.09. The van der Waals surface area contributed by atoms with E-state index in [4.69, 9.17) is 23.2 Å². The Kier molecular flexibility index (Phi) is 10.3. The lowest BCUT2D eigenvalue weighted by Crippen LogP contribution is -2.08. The normalized spacial score (nSPS) is 11.0. The quantitative estimate of drug-likeness (QED) is 0.590. The highest BCUT2D eigenvalue weighted by Crippen LogP contribution is 2.23. The molecule has 0 bridgehead atoms. The van der Waals surface area contributed by atoms with Crippen molar-refractivity contribution in [3.8, 4) is 0 Å². The van der Waals surface area contributed by atoms with Crippen LogP contribution in [0.3, 0.4) is 0 Å². The van der Waals surface area contributed by atoms with Crippen LogP contribution in [0.2, 0.25) is 0 Å². The lowest BCUT2D eigenvalue weighted by atomic mass is 9.86. The van der Waals surface area contributed by atoms with Crippen molar-refractivity contribution in [2.45, 2.75) is 41.0 Å². The van der Waals surface area contributed by atoms with Gasteiger partial charge in [-0.15, -0.1) is 23.2 Å². The Morgan fingerprint density at radius 1 is 1.00 bits per heavy atom. The van der Waals surface area contributed by atoms with Crippen LogP contribution in [0.15, 0.2) is 0 Å². The van der Waals surface area contributed by atoms with E-state index in [1.54, 1.807) is 0 Å². The van der Waals surface area contributed by atoms with Crippen LogP contribution in [0.5, 0.6) is 0 Å². The van der Waals surface area contributed by atoms with Gasteiger partial charge in [0.15, 0.2) is 0 Å². The first-order chi connectivity index (χ1) is 5.33. The zero-order valence-electron chi connectivity index (χ0n) is 8.95. The van der Waals surface area contributed by atoms with Crippen molar-refractivity contribution in [1.29, 1.82) is 0 Å². The summed E-state index contributed by atoms with van der Waals surface area (Å²) in [6, 6.07) is 0. The van der Waals surface area contributed by atoms with Crippen LogP contribution >= 0.6 is 23.2 Å². The van der Waals surface area contributed by atoms with Gasteiger partial charge in [-0.05, 0) is 17.8 Å². The molecule has 0 fully saturated rings. The zero-order valence-corrected chi connectivity index (χ0v) is 10.5. The Bertz CT molecular complexity index is 80.3. The second-order valence-electron chi connectivity index (χ2n) is 4.54. The van der Waals surface area contributed by atoms with E-state index in [0.29, 0.717) is 17.2 Å². The van der Waals surface area contributed by atoms with E-state index >= 15 is 0 Å². The molecule has 0 heterocycles. The maximum atomic E-state index is 5.05. The van der Waals surface area contributed by atoms with E-state index < -0.39 is 0 Å². The van der Waals surface area contributed by atoms with Crippen LogP contribution < -0.4 is 0 Å². The van der Waals surface area contributed by atoms with Crippen molar-refractivity contribution >= 4 is 23.2 Å². The fourth-order valence-corrected chi connectivity index (χ4v) is 1.22. The summed E-state index contributed by atoms with van der Waals surface area (Å²) in [6.45, 7) is 11.4. The number of halogens is 2. The summed E-state index contributed by atoms with van der Waals surface area (Å²) in [5.74, 6) is 1.96. The first kappa shape index (κ1) is 15.1. The van der Waals surface area contributed by atoms with Gasteiger partial charge in [0.05, 0.1) is 0 Å². The van der Waals surface area contributed by atoms with E-state index in [-0.39, 0.29) is 0 Å². The maximum Gasteiger partial charge on any atom is 0.0359 e. The van der Waals surface area contributed by atoms with Crippen molar-refractivity contribution < 1.29 is 0 Å². The van der Waals surface area contributed by atoms with Gasteiger partial charge in [0.2, 0.25) is 0 Å². The molecule has 0 rings (SSSR count). The molecular weight excluding hydrogens is 191 g/mol. The average molecular weight is 213 g/mol. The smallest absolute Gasteiger partial charge is 0.0359 e. The third kappa shape index (κ3) is 22.4. The molecule has 0 amide bonds. The summed E-state index contributed by atoms with van der Waals surface area (Å²) in [5.41, 5.74) is 0.522. The molecule has 0 unspecified atom stereocenters. The van der Waals surface area contributed by atoms with Gasteiger partial charge < -0.3 is 0 Å². The molecule has 0 aliphatic carbocycles. The number of alkyl halides is 2. The molecule has 2 heteroatoms. The fraction of sp³-hybridized carbons (Fsp3) is 1.00. The van der Waals surface area contributed by atoms with E-state index in [1.165, 1.54) is 6.42 Å². The van der Waals surface area contributed by atoms with Gasteiger partial charge in [0.25, 0.3) is 0 Å². The van der Waals surface area contributed by atoms with Crippen LogP contribution in [0, 0.1) is 11.3 Å². The Morgan fingerprint density at radius 3 is 1.33 bits per heavy atom. The van der Waals surface area contributed by atoms with Crippen LogP contribution in [0.25, 0.3) is 0 Å². The van der Waals surface area contributed by atoms with Crippen molar-refractivity contribution in [2.24, 2.45) is 11.3 Å². The highest BCUT2D eigenvalue weighted by Gasteiger charge is 2.11. The van der Waals surface area contributed by atoms with Crippen molar-refractivity contribution in [3.63, 3.8) is 0 Å². The zero-order chi connectivity index (χ0) is 10.2. The second kappa shape index (κ2) is 8.19. The molecule has 0 aromatic rings. The number of hydrogen-bond acceptors (Lipinski definition) is 0. The molecule has 0 nitrogen and oxygen atoms in total. The van der Waals surface area contributed by atoms with Crippen LogP contribution in [-0.4, -0.2) is 11.8 Å². The molecule has 0 aliphatic rings. The molecule has 76 valence electrons. The Hall–Kier alpha value is 0.580. The predicted molar refractivity (Wildman–Crippen MR) is 60.4 cm³/mol. The lowest BCUT2D eigenvalue weighted by molar-refractivity contribution is 0.320. The number of hydrogen-bond donors (Lipinski definition) is 0. The first-order valence-corrected chi connectivity index (χ1v) is 5.52. The van der Waals surface area contributed by atoms with Gasteiger partial charge >= 0.3 is 0 Å². The Morgan fingerprint density at radius 2 is 1.33 bits per heavy atom. The highest BCUT2D eigenvalue weighted by atomic mass is 35.5. The fourth-order valence-electron chi connectivity index (χ4n) is 1.22. The minimum absolute atomic E-state index is 0.522. The Balaban J connectivity index is 0. The number of rotatable bonds is 2. The molecule has 0 saturated carbocycles. The van der Waals surface area contributed by atoms with Gasteiger partial charge in [-0.1, -0.05) is 34.6 Å². The van der Waals surface area contributed by atoms with Gasteiger partial charge in [-0.2, -0.15) is 0 Å². The summed E-state index contributed by atoms with van der Waals surface area (Å²) in [5, 5.41) is 0. The minimum atomic E-state index is 0.522. The van der Waals surface area contributed by atoms with Crippen molar-refractivity contribution in [2.75, 3.05) is 11.8 Å².